The van der Waals surface area contributed by atoms with E-state index in [1.165, 1.54) is 0 Å². The van der Waals surface area contributed by atoms with Crippen molar-refractivity contribution in [1.29, 1.82) is 0 Å². The van der Waals surface area contributed by atoms with Crippen molar-refractivity contribution < 1.29 is 0 Å². The molecule has 19 heavy (non-hydrogen) atoms. The fourth-order valence-corrected chi connectivity index (χ4v) is 2.39. The Hall–Kier alpha value is -1.47. The minimum atomic E-state index is 0.0205. The largest absolute Gasteiger partial charge is 0.347 e. The van der Waals surface area contributed by atoms with Crippen molar-refractivity contribution in [2.24, 2.45) is 0 Å². The van der Waals surface area contributed by atoms with E-state index in [1.807, 2.05) is 33.3 Å². The zero-order valence-electron chi connectivity index (χ0n) is 11.2. The van der Waals surface area contributed by atoms with Crippen molar-refractivity contribution in [2.75, 3.05) is 24.3 Å². The standard InChI is InChI=1S/C11H15ClN6S/c1-6-5-19-8(13-6)7(2)14-10-15-9(12)16-11(17-10)18(3)4/h5,7H,1-4H3,(H,14,15,16,17). The van der Waals surface area contributed by atoms with Crippen molar-refractivity contribution in [1.82, 2.24) is 19.9 Å². The van der Waals surface area contributed by atoms with Crippen molar-refractivity contribution in [3.8, 4) is 0 Å². The Morgan fingerprint density at radius 1 is 1.26 bits per heavy atom. The Kier molecular flexibility index (Phi) is 4.16. The highest BCUT2D eigenvalue weighted by Gasteiger charge is 2.13. The van der Waals surface area contributed by atoms with E-state index in [0.29, 0.717) is 11.9 Å². The SMILES string of the molecule is Cc1csc(C(C)Nc2nc(Cl)nc(N(C)C)n2)n1. The maximum Gasteiger partial charge on any atom is 0.230 e. The molecular weight excluding hydrogens is 284 g/mol. The van der Waals surface area contributed by atoms with Crippen LogP contribution in [0.25, 0.3) is 0 Å². The number of rotatable bonds is 4. The molecular formula is C11H15ClN6S. The van der Waals surface area contributed by atoms with E-state index in [1.54, 1.807) is 16.2 Å². The van der Waals surface area contributed by atoms with E-state index in [2.05, 4.69) is 25.3 Å². The Morgan fingerprint density at radius 2 is 2.00 bits per heavy atom. The minimum absolute atomic E-state index is 0.0205. The number of nitrogens with one attached hydrogen (secondary N) is 1. The van der Waals surface area contributed by atoms with Crippen LogP contribution in [0.5, 0.6) is 0 Å². The highest BCUT2D eigenvalue weighted by atomic mass is 35.5. The van der Waals surface area contributed by atoms with Gasteiger partial charge in [0.2, 0.25) is 17.2 Å². The van der Waals surface area contributed by atoms with Crippen LogP contribution in [0.1, 0.15) is 23.7 Å². The van der Waals surface area contributed by atoms with E-state index < -0.39 is 0 Å². The third-order valence-electron chi connectivity index (χ3n) is 2.35. The molecule has 0 radical (unpaired) electrons. The zero-order chi connectivity index (χ0) is 14.0. The molecule has 0 aliphatic heterocycles. The first kappa shape index (κ1) is 14.0. The first-order chi connectivity index (χ1) is 8.95. The lowest BCUT2D eigenvalue weighted by atomic mass is 10.3. The molecule has 0 saturated heterocycles. The number of hydrogen-bond acceptors (Lipinski definition) is 7. The van der Waals surface area contributed by atoms with Gasteiger partial charge in [0.25, 0.3) is 0 Å². The van der Waals surface area contributed by atoms with Gasteiger partial charge in [-0.05, 0) is 25.4 Å². The van der Waals surface area contributed by atoms with E-state index in [-0.39, 0.29) is 11.3 Å². The molecule has 2 rings (SSSR count). The summed E-state index contributed by atoms with van der Waals surface area (Å²) < 4.78 is 0. The Bertz CT molecular complexity index is 570. The zero-order valence-corrected chi connectivity index (χ0v) is 12.7. The molecule has 0 bridgehead atoms. The second kappa shape index (κ2) is 5.66. The van der Waals surface area contributed by atoms with Crippen LogP contribution in [-0.2, 0) is 0 Å². The summed E-state index contributed by atoms with van der Waals surface area (Å²) >= 11 is 7.49. The van der Waals surface area contributed by atoms with E-state index >= 15 is 0 Å². The van der Waals surface area contributed by atoms with Crippen LogP contribution in [0.4, 0.5) is 11.9 Å². The Morgan fingerprint density at radius 3 is 2.58 bits per heavy atom. The number of hydrogen-bond donors (Lipinski definition) is 1. The van der Waals surface area contributed by atoms with Crippen molar-refractivity contribution in [2.45, 2.75) is 19.9 Å². The first-order valence-corrected chi connectivity index (χ1v) is 6.99. The average molecular weight is 299 g/mol. The summed E-state index contributed by atoms with van der Waals surface area (Å²) in [5.41, 5.74) is 1.01. The van der Waals surface area contributed by atoms with Crippen LogP contribution in [0.2, 0.25) is 5.28 Å². The summed E-state index contributed by atoms with van der Waals surface area (Å²) in [7, 11) is 3.70. The monoisotopic (exact) mass is 298 g/mol. The van der Waals surface area contributed by atoms with Gasteiger partial charge in [0.1, 0.15) is 5.01 Å². The average Bonchev–Trinajstić information content (AvgIpc) is 2.75. The quantitative estimate of drug-likeness (QED) is 0.935. The lowest BCUT2D eigenvalue weighted by Crippen LogP contribution is -2.16. The van der Waals surface area contributed by atoms with Crippen molar-refractivity contribution in [3.05, 3.63) is 21.4 Å². The fourth-order valence-electron chi connectivity index (χ4n) is 1.43. The van der Waals surface area contributed by atoms with Gasteiger partial charge in [0, 0.05) is 25.2 Å². The highest BCUT2D eigenvalue weighted by molar-refractivity contribution is 7.09. The highest BCUT2D eigenvalue weighted by Crippen LogP contribution is 2.21. The third kappa shape index (κ3) is 3.51. The molecule has 2 aromatic heterocycles. The molecule has 0 fully saturated rings. The van der Waals surface area contributed by atoms with Gasteiger partial charge in [-0.25, -0.2) is 4.98 Å². The molecule has 2 heterocycles. The first-order valence-electron chi connectivity index (χ1n) is 5.73. The molecule has 1 unspecified atom stereocenters. The molecule has 8 heteroatoms. The smallest absolute Gasteiger partial charge is 0.230 e. The van der Waals surface area contributed by atoms with Crippen LogP contribution in [-0.4, -0.2) is 34.0 Å². The number of nitrogens with zero attached hydrogens (tertiary/aromatic N) is 5. The summed E-state index contributed by atoms with van der Waals surface area (Å²) in [5.74, 6) is 0.967. The molecule has 102 valence electrons. The predicted molar refractivity (Wildman–Crippen MR) is 78.1 cm³/mol. The summed E-state index contributed by atoms with van der Waals surface area (Å²) in [6.45, 7) is 3.97. The van der Waals surface area contributed by atoms with E-state index in [0.717, 1.165) is 10.7 Å². The lowest BCUT2D eigenvalue weighted by molar-refractivity contribution is 0.833. The van der Waals surface area contributed by atoms with Crippen LogP contribution in [0.3, 0.4) is 0 Å². The maximum absolute atomic E-state index is 5.89. The van der Waals surface area contributed by atoms with E-state index in [9.17, 15) is 0 Å². The van der Waals surface area contributed by atoms with Gasteiger partial charge in [-0.1, -0.05) is 0 Å². The molecule has 2 aromatic rings. The van der Waals surface area contributed by atoms with Gasteiger partial charge in [0.05, 0.1) is 6.04 Å². The van der Waals surface area contributed by atoms with Crippen LogP contribution in [0, 0.1) is 6.92 Å². The molecule has 0 aromatic carbocycles. The predicted octanol–water partition coefficient (Wildman–Crippen LogP) is 2.53. The molecule has 6 nitrogen and oxygen atoms in total. The number of thiazole rings is 1. The Labute approximate surface area is 120 Å². The molecule has 0 saturated carbocycles. The van der Waals surface area contributed by atoms with Crippen LogP contribution >= 0.6 is 22.9 Å². The van der Waals surface area contributed by atoms with E-state index in [4.69, 9.17) is 11.6 Å². The summed E-state index contributed by atoms with van der Waals surface area (Å²) in [6.07, 6.45) is 0. The Balaban J connectivity index is 2.18. The number of anilines is 2. The van der Waals surface area contributed by atoms with Gasteiger partial charge < -0.3 is 10.2 Å². The molecule has 1 N–H and O–H groups in total. The molecule has 1 atom stereocenters. The van der Waals surface area contributed by atoms with Gasteiger partial charge in [-0.2, -0.15) is 15.0 Å². The maximum atomic E-state index is 5.89. The summed E-state index contributed by atoms with van der Waals surface area (Å²) in [4.78, 5) is 18.6. The molecule has 0 aliphatic carbocycles. The van der Waals surface area contributed by atoms with Crippen molar-refractivity contribution in [3.63, 3.8) is 0 Å². The second-order valence-electron chi connectivity index (χ2n) is 4.32. The second-order valence-corrected chi connectivity index (χ2v) is 5.54. The third-order valence-corrected chi connectivity index (χ3v) is 3.66. The van der Waals surface area contributed by atoms with Crippen LogP contribution < -0.4 is 10.2 Å². The topological polar surface area (TPSA) is 66.8 Å². The molecule has 0 amide bonds. The van der Waals surface area contributed by atoms with Gasteiger partial charge in [-0.15, -0.1) is 11.3 Å². The molecule has 0 spiro atoms. The van der Waals surface area contributed by atoms with Crippen LogP contribution in [0.15, 0.2) is 5.38 Å². The van der Waals surface area contributed by atoms with Gasteiger partial charge in [-0.3, -0.25) is 0 Å². The lowest BCUT2D eigenvalue weighted by Gasteiger charge is -2.14. The minimum Gasteiger partial charge on any atom is -0.347 e. The van der Waals surface area contributed by atoms with Crippen molar-refractivity contribution >= 4 is 34.8 Å². The summed E-state index contributed by atoms with van der Waals surface area (Å²) in [6, 6.07) is 0.0205. The van der Waals surface area contributed by atoms with Gasteiger partial charge >= 0.3 is 0 Å². The number of halogens is 1. The molecule has 0 aliphatic rings. The number of aromatic nitrogens is 4. The normalized spacial score (nSPS) is 12.3. The number of aryl methyl sites for hydroxylation is 1. The fraction of sp³-hybridized carbons (Fsp3) is 0.455. The summed E-state index contributed by atoms with van der Waals surface area (Å²) in [5, 5.41) is 6.35. The van der Waals surface area contributed by atoms with Gasteiger partial charge in [0.15, 0.2) is 0 Å².